The van der Waals surface area contributed by atoms with Gasteiger partial charge >= 0.3 is 0 Å². The summed E-state index contributed by atoms with van der Waals surface area (Å²) >= 11 is 0. The van der Waals surface area contributed by atoms with Crippen LogP contribution in [0.3, 0.4) is 0 Å². The maximum absolute atomic E-state index is 4.62. The topological polar surface area (TPSA) is 24.9 Å². The summed E-state index contributed by atoms with van der Waals surface area (Å²) in [4.78, 5) is 4.62. The molecule has 2 heteroatoms. The summed E-state index contributed by atoms with van der Waals surface area (Å²) in [7, 11) is 0. The van der Waals surface area contributed by atoms with Crippen molar-refractivity contribution in [3.05, 3.63) is 29.6 Å². The minimum absolute atomic E-state index is 0.460. The van der Waals surface area contributed by atoms with Crippen LogP contribution in [0.25, 0.3) is 0 Å². The number of nitrogens with zero attached hydrogens (tertiary/aromatic N) is 1. The molecule has 1 N–H and O–H groups in total. The van der Waals surface area contributed by atoms with Crippen LogP contribution in [0.5, 0.6) is 0 Å². The largest absolute Gasteiger partial charge is 0.309 e. The predicted molar refractivity (Wildman–Crippen MR) is 72.0 cm³/mol. The van der Waals surface area contributed by atoms with Crippen molar-refractivity contribution in [3.8, 4) is 0 Å². The van der Waals surface area contributed by atoms with Crippen LogP contribution in [-0.2, 0) is 6.42 Å². The number of aryl methyl sites for hydroxylation is 1. The summed E-state index contributed by atoms with van der Waals surface area (Å²) in [5.41, 5.74) is 2.68. The van der Waals surface area contributed by atoms with Crippen molar-refractivity contribution in [2.24, 2.45) is 5.92 Å². The molecular formula is C15H24N2. The van der Waals surface area contributed by atoms with Crippen LogP contribution in [0.4, 0.5) is 0 Å². The SMILES string of the molecule is CCNC(CC1CCC1)c1ncccc1CC. The lowest BCUT2D eigenvalue weighted by molar-refractivity contribution is 0.260. The predicted octanol–water partition coefficient (Wildman–Crippen LogP) is 3.48. The maximum Gasteiger partial charge on any atom is 0.0605 e. The number of hydrogen-bond donors (Lipinski definition) is 1. The molecule has 1 aromatic heterocycles. The molecule has 1 heterocycles. The molecule has 94 valence electrons. The van der Waals surface area contributed by atoms with Gasteiger partial charge in [-0.3, -0.25) is 4.98 Å². The Kier molecular flexibility index (Phi) is 4.55. The van der Waals surface area contributed by atoms with E-state index in [-0.39, 0.29) is 0 Å². The fourth-order valence-corrected chi connectivity index (χ4v) is 2.66. The highest BCUT2D eigenvalue weighted by molar-refractivity contribution is 5.23. The van der Waals surface area contributed by atoms with E-state index < -0.39 is 0 Å². The Balaban J connectivity index is 2.12. The highest BCUT2D eigenvalue weighted by Gasteiger charge is 2.24. The fourth-order valence-electron chi connectivity index (χ4n) is 2.66. The van der Waals surface area contributed by atoms with Crippen LogP contribution in [0, 0.1) is 5.92 Å². The average molecular weight is 232 g/mol. The molecule has 1 aliphatic carbocycles. The number of pyridine rings is 1. The third-order valence-electron chi connectivity index (χ3n) is 3.88. The van der Waals surface area contributed by atoms with E-state index in [2.05, 4.69) is 36.3 Å². The molecule has 1 atom stereocenters. The zero-order valence-corrected chi connectivity index (χ0v) is 11.1. The standard InChI is InChI=1S/C15H24N2/c1-3-13-9-6-10-17-15(13)14(16-4-2)11-12-7-5-8-12/h6,9-10,12,14,16H,3-5,7-8,11H2,1-2H3. The number of nitrogens with one attached hydrogen (secondary N) is 1. The smallest absolute Gasteiger partial charge is 0.0605 e. The number of aromatic nitrogens is 1. The first-order valence-corrected chi connectivity index (χ1v) is 7.02. The Morgan fingerprint density at radius 2 is 2.24 bits per heavy atom. The number of hydrogen-bond acceptors (Lipinski definition) is 2. The van der Waals surface area contributed by atoms with E-state index in [1.165, 1.54) is 36.9 Å². The monoisotopic (exact) mass is 232 g/mol. The van der Waals surface area contributed by atoms with Crippen molar-refractivity contribution in [2.75, 3.05) is 6.54 Å². The van der Waals surface area contributed by atoms with Gasteiger partial charge in [0, 0.05) is 6.20 Å². The van der Waals surface area contributed by atoms with Crippen molar-refractivity contribution in [3.63, 3.8) is 0 Å². The molecule has 1 saturated carbocycles. The van der Waals surface area contributed by atoms with Gasteiger partial charge in [-0.15, -0.1) is 0 Å². The van der Waals surface area contributed by atoms with E-state index >= 15 is 0 Å². The highest BCUT2D eigenvalue weighted by Crippen LogP contribution is 2.35. The van der Waals surface area contributed by atoms with E-state index in [9.17, 15) is 0 Å². The molecule has 0 saturated heterocycles. The third-order valence-corrected chi connectivity index (χ3v) is 3.88. The molecule has 1 fully saturated rings. The van der Waals surface area contributed by atoms with E-state index in [1.54, 1.807) is 0 Å². The second kappa shape index (κ2) is 6.15. The molecule has 1 unspecified atom stereocenters. The molecule has 0 amide bonds. The lowest BCUT2D eigenvalue weighted by Gasteiger charge is -2.30. The third kappa shape index (κ3) is 3.06. The summed E-state index contributed by atoms with van der Waals surface area (Å²) in [6.07, 6.45) is 8.52. The first kappa shape index (κ1) is 12.6. The van der Waals surface area contributed by atoms with E-state index in [1.807, 2.05) is 6.20 Å². The molecule has 1 aromatic rings. The average Bonchev–Trinajstić information content (AvgIpc) is 2.32. The minimum atomic E-state index is 0.460. The summed E-state index contributed by atoms with van der Waals surface area (Å²) in [5, 5.41) is 3.61. The van der Waals surface area contributed by atoms with Gasteiger partial charge in [0.15, 0.2) is 0 Å². The quantitative estimate of drug-likeness (QED) is 0.812. The summed E-state index contributed by atoms with van der Waals surface area (Å²) in [5.74, 6) is 0.922. The molecule has 2 rings (SSSR count). The van der Waals surface area contributed by atoms with Crippen molar-refractivity contribution in [2.45, 2.75) is 52.0 Å². The molecule has 0 aromatic carbocycles. The van der Waals surface area contributed by atoms with Gasteiger partial charge in [0.2, 0.25) is 0 Å². The Morgan fingerprint density at radius 1 is 1.41 bits per heavy atom. The molecule has 0 spiro atoms. The van der Waals surface area contributed by atoms with Crippen LogP contribution < -0.4 is 5.32 Å². The van der Waals surface area contributed by atoms with E-state index in [0.717, 1.165) is 18.9 Å². The van der Waals surface area contributed by atoms with Gasteiger partial charge in [0.1, 0.15) is 0 Å². The van der Waals surface area contributed by atoms with E-state index in [0.29, 0.717) is 6.04 Å². The maximum atomic E-state index is 4.62. The Labute approximate surface area is 105 Å². The summed E-state index contributed by atoms with van der Waals surface area (Å²) < 4.78 is 0. The Morgan fingerprint density at radius 3 is 2.82 bits per heavy atom. The lowest BCUT2D eigenvalue weighted by Crippen LogP contribution is -2.27. The Hall–Kier alpha value is -0.890. The molecule has 1 aliphatic rings. The summed E-state index contributed by atoms with van der Waals surface area (Å²) in [6.45, 7) is 5.42. The van der Waals surface area contributed by atoms with Gasteiger partial charge in [-0.2, -0.15) is 0 Å². The van der Waals surface area contributed by atoms with Crippen molar-refractivity contribution in [1.82, 2.24) is 10.3 Å². The van der Waals surface area contributed by atoms with Gasteiger partial charge in [-0.25, -0.2) is 0 Å². The first-order chi connectivity index (χ1) is 8.35. The van der Waals surface area contributed by atoms with Crippen LogP contribution in [-0.4, -0.2) is 11.5 Å². The minimum Gasteiger partial charge on any atom is -0.309 e. The molecule has 0 bridgehead atoms. The van der Waals surface area contributed by atoms with Crippen LogP contribution in [0.15, 0.2) is 18.3 Å². The zero-order valence-electron chi connectivity index (χ0n) is 11.1. The second-order valence-electron chi connectivity index (χ2n) is 5.04. The van der Waals surface area contributed by atoms with Crippen LogP contribution >= 0.6 is 0 Å². The molecule has 0 aliphatic heterocycles. The highest BCUT2D eigenvalue weighted by atomic mass is 14.9. The lowest BCUT2D eigenvalue weighted by atomic mass is 9.80. The Bertz CT molecular complexity index is 345. The first-order valence-electron chi connectivity index (χ1n) is 7.02. The van der Waals surface area contributed by atoms with Gasteiger partial charge in [-0.05, 0) is 36.9 Å². The number of rotatable bonds is 6. The van der Waals surface area contributed by atoms with Crippen LogP contribution in [0.2, 0.25) is 0 Å². The molecular weight excluding hydrogens is 208 g/mol. The van der Waals surface area contributed by atoms with Gasteiger partial charge in [0.25, 0.3) is 0 Å². The summed E-state index contributed by atoms with van der Waals surface area (Å²) in [6, 6.07) is 4.73. The fraction of sp³-hybridized carbons (Fsp3) is 0.667. The molecule has 2 nitrogen and oxygen atoms in total. The molecule has 17 heavy (non-hydrogen) atoms. The normalized spacial score (nSPS) is 17.8. The van der Waals surface area contributed by atoms with Crippen molar-refractivity contribution >= 4 is 0 Å². The zero-order chi connectivity index (χ0) is 12.1. The molecule has 0 radical (unpaired) electrons. The second-order valence-corrected chi connectivity index (χ2v) is 5.04. The van der Waals surface area contributed by atoms with Crippen molar-refractivity contribution < 1.29 is 0 Å². The van der Waals surface area contributed by atoms with Gasteiger partial charge in [-0.1, -0.05) is 39.2 Å². The van der Waals surface area contributed by atoms with Gasteiger partial charge in [0.05, 0.1) is 11.7 Å². The van der Waals surface area contributed by atoms with E-state index in [4.69, 9.17) is 0 Å². The van der Waals surface area contributed by atoms with Crippen LogP contribution in [0.1, 0.15) is 56.8 Å². The van der Waals surface area contributed by atoms with Gasteiger partial charge < -0.3 is 5.32 Å². The van der Waals surface area contributed by atoms with Crippen molar-refractivity contribution in [1.29, 1.82) is 0 Å².